The maximum absolute atomic E-state index is 11.2. The third kappa shape index (κ3) is 14.7. The zero-order valence-corrected chi connectivity index (χ0v) is 23.2. The number of carbonyl (C=O) groups excluding carboxylic acids is 1. The molecule has 0 saturated carbocycles. The zero-order chi connectivity index (χ0) is 14.7. The summed E-state index contributed by atoms with van der Waals surface area (Å²) in [7, 11) is -10.4. The van der Waals surface area contributed by atoms with Gasteiger partial charge in [0.05, 0.1) is 11.9 Å². The number of amides is 1. The molecule has 0 saturated heterocycles. The average Bonchev–Trinajstić information content (AvgIpc) is 2.23. The summed E-state index contributed by atoms with van der Waals surface area (Å²) in [6.45, 7) is 0. The van der Waals surface area contributed by atoms with Crippen LogP contribution >= 0.6 is 15.2 Å². The van der Waals surface area contributed by atoms with Crippen LogP contribution in [0.3, 0.4) is 0 Å². The Morgan fingerprint density at radius 3 is 1.74 bits per heavy atom. The number of rotatable bonds is 5. The Hall–Kier alpha value is 2.99. The Morgan fingerprint density at radius 1 is 0.957 bits per heavy atom. The first-order valence-corrected chi connectivity index (χ1v) is 8.31. The van der Waals surface area contributed by atoms with Crippen LogP contribution in [-0.2, 0) is 13.9 Å². The van der Waals surface area contributed by atoms with Crippen molar-refractivity contribution in [2.45, 2.75) is 5.78 Å². The van der Waals surface area contributed by atoms with Crippen molar-refractivity contribution in [1.82, 2.24) is 5.32 Å². The molecule has 1 amide bonds. The van der Waals surface area contributed by atoms with Gasteiger partial charge >= 0.3 is 118 Å². The second kappa shape index (κ2) is 15.0. The van der Waals surface area contributed by atoms with Crippen LogP contribution < -0.4 is 143 Å². The van der Waals surface area contributed by atoms with Crippen molar-refractivity contribution in [2.75, 3.05) is 6.16 Å². The summed E-state index contributed by atoms with van der Waals surface area (Å²) in [5, 5.41) is 1.73. The Morgan fingerprint density at radius 2 is 1.39 bits per heavy atom. The Balaban J connectivity index is -0.000000451. The maximum Gasteiger partial charge on any atom is 1.00 e. The van der Waals surface area contributed by atoms with Crippen molar-refractivity contribution in [3.8, 4) is 0 Å². The third-order valence-corrected chi connectivity index (χ3v) is 3.80. The molecule has 0 heterocycles. The first kappa shape index (κ1) is 33.6. The van der Waals surface area contributed by atoms with Gasteiger partial charge in [0.1, 0.15) is 0 Å². The molecule has 0 aliphatic rings. The van der Waals surface area contributed by atoms with Crippen molar-refractivity contribution >= 4 is 21.1 Å². The van der Waals surface area contributed by atoms with E-state index in [2.05, 4.69) is 0 Å². The third-order valence-electron chi connectivity index (χ3n) is 2.07. The molecule has 1 aromatic carbocycles. The van der Waals surface area contributed by atoms with Crippen LogP contribution in [0, 0.1) is 0 Å². The molecular formula is C9H9NNa4O7P2. The van der Waals surface area contributed by atoms with Gasteiger partial charge in [-0.15, -0.1) is 0 Å². The largest absolute Gasteiger partial charge is 1.00 e. The second-order valence-electron chi connectivity index (χ2n) is 3.69. The van der Waals surface area contributed by atoms with E-state index in [0.717, 1.165) is 0 Å². The minimum absolute atomic E-state index is 0. The number of hydrogen-bond acceptors (Lipinski definition) is 7. The first-order chi connectivity index (χ1) is 8.59. The van der Waals surface area contributed by atoms with Gasteiger partial charge in [0.2, 0.25) is 5.91 Å². The number of benzene rings is 1. The van der Waals surface area contributed by atoms with Crippen LogP contribution in [0.5, 0.6) is 0 Å². The van der Waals surface area contributed by atoms with E-state index in [4.69, 9.17) is 0 Å². The van der Waals surface area contributed by atoms with Crippen LogP contribution in [-0.4, -0.2) is 12.1 Å². The standard InChI is InChI=1S/C9H13NO7P2.4Na/c11-8(6-18(12,13)14)10-9(19(15,16)17)7-4-2-1-3-5-7;;;;/h1-5,9H,6H2,(H,10,11)(H2,12,13,14)(H2,15,16,17);;;;/q;4*+1/p-4. The van der Waals surface area contributed by atoms with Crippen molar-refractivity contribution < 1.29 is 152 Å². The Labute approximate surface area is 222 Å². The van der Waals surface area contributed by atoms with E-state index in [1.807, 2.05) is 0 Å². The van der Waals surface area contributed by atoms with Crippen molar-refractivity contribution in [3.63, 3.8) is 0 Å². The predicted octanol–water partition coefficient (Wildman–Crippen LogP) is -14.4. The van der Waals surface area contributed by atoms with E-state index in [1.54, 1.807) is 11.4 Å². The first-order valence-electron chi connectivity index (χ1n) is 4.97. The fourth-order valence-electron chi connectivity index (χ4n) is 1.35. The van der Waals surface area contributed by atoms with E-state index in [-0.39, 0.29) is 124 Å². The zero-order valence-electron chi connectivity index (χ0n) is 13.4. The molecule has 0 fully saturated rings. The fourth-order valence-corrected chi connectivity index (χ4v) is 2.64. The molecule has 0 bridgehead atoms. The molecule has 8 nitrogen and oxygen atoms in total. The minimum Gasteiger partial charge on any atom is -0.810 e. The van der Waals surface area contributed by atoms with Crippen molar-refractivity contribution in [1.29, 1.82) is 0 Å². The molecule has 23 heavy (non-hydrogen) atoms. The van der Waals surface area contributed by atoms with E-state index < -0.39 is 33.0 Å². The summed E-state index contributed by atoms with van der Waals surface area (Å²) in [6.07, 6.45) is -1.41. The number of carbonyl (C=O) groups is 1. The van der Waals surface area contributed by atoms with Gasteiger partial charge in [0.25, 0.3) is 0 Å². The van der Waals surface area contributed by atoms with E-state index in [1.165, 1.54) is 24.3 Å². The van der Waals surface area contributed by atoms with E-state index >= 15 is 0 Å². The topological polar surface area (TPSA) is 155 Å². The Bertz CT molecular complexity index is 550. The van der Waals surface area contributed by atoms with Crippen molar-refractivity contribution in [3.05, 3.63) is 35.9 Å². The summed E-state index contributed by atoms with van der Waals surface area (Å²) in [4.78, 5) is 54.1. The molecule has 106 valence electrons. The Kier molecular flexibility index (Phi) is 21.9. The maximum atomic E-state index is 11.2. The van der Waals surface area contributed by atoms with Crippen LogP contribution in [0.2, 0.25) is 0 Å². The quantitative estimate of drug-likeness (QED) is 0.382. The molecule has 1 aromatic rings. The van der Waals surface area contributed by atoms with Gasteiger partial charge in [0.15, 0.2) is 0 Å². The van der Waals surface area contributed by atoms with Crippen molar-refractivity contribution in [2.24, 2.45) is 0 Å². The van der Waals surface area contributed by atoms with Gasteiger partial charge < -0.3 is 34.0 Å². The van der Waals surface area contributed by atoms with Gasteiger partial charge in [-0.25, -0.2) is 0 Å². The average molecular weight is 397 g/mol. The fraction of sp³-hybridized carbons (Fsp3) is 0.222. The molecule has 1 N–H and O–H groups in total. The summed E-state index contributed by atoms with van der Waals surface area (Å²) < 4.78 is 21.5. The molecule has 1 rings (SSSR count). The molecule has 14 heteroatoms. The van der Waals surface area contributed by atoms with Crippen LogP contribution in [0.25, 0.3) is 0 Å². The molecule has 0 aliphatic heterocycles. The van der Waals surface area contributed by atoms with E-state index in [0.29, 0.717) is 0 Å². The normalized spacial score (nSPS) is 11.5. The number of hydrogen-bond donors (Lipinski definition) is 1. The summed E-state index contributed by atoms with van der Waals surface area (Å²) >= 11 is 0. The predicted molar refractivity (Wildman–Crippen MR) is 57.4 cm³/mol. The SMILES string of the molecule is O=C(CP(=O)([O-])[O-])NC(c1ccccc1)P(=O)([O-])[O-].[Na+].[Na+].[Na+].[Na+]. The molecule has 0 aliphatic carbocycles. The van der Waals surface area contributed by atoms with Gasteiger partial charge in [-0.05, 0) is 13.2 Å². The van der Waals surface area contributed by atoms with Gasteiger partial charge in [-0.2, -0.15) is 0 Å². The van der Waals surface area contributed by atoms with Crippen LogP contribution in [0.4, 0.5) is 0 Å². The summed E-state index contributed by atoms with van der Waals surface area (Å²) in [5.74, 6) is -3.25. The van der Waals surface area contributed by atoms with Crippen LogP contribution in [0.1, 0.15) is 11.3 Å². The minimum atomic E-state index is -5.24. The smallest absolute Gasteiger partial charge is 0.810 e. The van der Waals surface area contributed by atoms with Gasteiger partial charge in [0, 0.05) is 0 Å². The van der Waals surface area contributed by atoms with Gasteiger partial charge in [-0.3, -0.25) is 4.79 Å². The van der Waals surface area contributed by atoms with Crippen LogP contribution in [0.15, 0.2) is 30.3 Å². The molecular weight excluding hydrogens is 388 g/mol. The molecule has 1 unspecified atom stereocenters. The monoisotopic (exact) mass is 397 g/mol. The molecule has 0 spiro atoms. The molecule has 1 atom stereocenters. The molecule has 0 aromatic heterocycles. The molecule has 0 radical (unpaired) electrons. The summed E-state index contributed by atoms with van der Waals surface area (Å²) in [5.41, 5.74) is -0.0178. The summed E-state index contributed by atoms with van der Waals surface area (Å²) in [6, 6.07) is 7.00. The van der Waals surface area contributed by atoms with Gasteiger partial charge in [-0.1, -0.05) is 37.9 Å². The number of nitrogens with one attached hydrogen (secondary N) is 1. The second-order valence-corrected chi connectivity index (χ2v) is 6.82. The van der Waals surface area contributed by atoms with E-state index in [9.17, 15) is 33.5 Å².